The summed E-state index contributed by atoms with van der Waals surface area (Å²) in [7, 11) is 1.59. The van der Waals surface area contributed by atoms with Gasteiger partial charge in [0.05, 0.1) is 13.2 Å². The molecule has 7 nitrogen and oxygen atoms in total. The van der Waals surface area contributed by atoms with E-state index < -0.39 is 12.1 Å². The van der Waals surface area contributed by atoms with E-state index >= 15 is 0 Å². The van der Waals surface area contributed by atoms with E-state index in [9.17, 15) is 4.79 Å². The van der Waals surface area contributed by atoms with Crippen LogP contribution in [0.5, 0.6) is 5.88 Å². The molecule has 0 aliphatic carbocycles. The van der Waals surface area contributed by atoms with Gasteiger partial charge in [0.2, 0.25) is 11.8 Å². The van der Waals surface area contributed by atoms with Crippen LogP contribution in [0.3, 0.4) is 0 Å². The fourth-order valence-corrected chi connectivity index (χ4v) is 3.26. The smallest absolute Gasteiger partial charge is 0.332 e. The summed E-state index contributed by atoms with van der Waals surface area (Å²) in [4.78, 5) is 21.8. The van der Waals surface area contributed by atoms with Gasteiger partial charge in [-0.3, -0.25) is 0 Å². The van der Waals surface area contributed by atoms with Gasteiger partial charge in [-0.05, 0) is 31.6 Å². The number of nitrogens with zero attached hydrogens (tertiary/aromatic N) is 3. The number of hydrogen-bond acceptors (Lipinski definition) is 6. The largest absolute Gasteiger partial charge is 0.481 e. The van der Waals surface area contributed by atoms with E-state index in [1.54, 1.807) is 19.4 Å². The van der Waals surface area contributed by atoms with Gasteiger partial charge in [-0.1, -0.05) is 0 Å². The summed E-state index contributed by atoms with van der Waals surface area (Å²) in [6.07, 6.45) is 4.57. The van der Waals surface area contributed by atoms with Crippen LogP contribution < -0.4 is 9.64 Å². The van der Waals surface area contributed by atoms with Gasteiger partial charge >= 0.3 is 5.97 Å². The molecule has 0 saturated carbocycles. The Balaban J connectivity index is 1.55. The van der Waals surface area contributed by atoms with E-state index in [1.807, 2.05) is 0 Å². The lowest BCUT2D eigenvalue weighted by molar-refractivity contribution is -0.150. The van der Waals surface area contributed by atoms with Crippen molar-refractivity contribution < 1.29 is 19.4 Å². The van der Waals surface area contributed by atoms with Crippen LogP contribution in [0.25, 0.3) is 0 Å². The monoisotopic (exact) mass is 307 g/mol. The highest BCUT2D eigenvalue weighted by molar-refractivity contribution is 5.72. The third-order valence-corrected chi connectivity index (χ3v) is 4.50. The van der Waals surface area contributed by atoms with Crippen molar-refractivity contribution in [1.82, 2.24) is 9.97 Å². The van der Waals surface area contributed by atoms with Gasteiger partial charge < -0.3 is 19.5 Å². The number of hydrogen-bond donors (Lipinski definition) is 1. The minimum Gasteiger partial charge on any atom is -0.481 e. The second-order valence-electron chi connectivity index (χ2n) is 5.80. The number of anilines is 1. The third-order valence-electron chi connectivity index (χ3n) is 4.50. The molecule has 1 N–H and O–H groups in total. The number of carboxylic acids is 1. The molecule has 0 spiro atoms. The Morgan fingerprint density at radius 3 is 2.77 bits per heavy atom. The first-order valence-electron chi connectivity index (χ1n) is 7.67. The number of aromatic nitrogens is 2. The zero-order chi connectivity index (χ0) is 15.5. The van der Waals surface area contributed by atoms with Gasteiger partial charge in [-0.15, -0.1) is 0 Å². The minimum atomic E-state index is -0.843. The topological polar surface area (TPSA) is 84.8 Å². The normalized spacial score (nSPS) is 26.1. The van der Waals surface area contributed by atoms with Crippen molar-refractivity contribution in [1.29, 1.82) is 0 Å². The quantitative estimate of drug-likeness (QED) is 0.898. The van der Waals surface area contributed by atoms with Crippen molar-refractivity contribution in [3.63, 3.8) is 0 Å². The molecule has 7 heteroatoms. The first kappa shape index (κ1) is 15.0. The summed E-state index contributed by atoms with van der Waals surface area (Å²) in [5, 5.41) is 9.01. The van der Waals surface area contributed by atoms with Crippen LogP contribution in [0.15, 0.2) is 12.3 Å². The molecule has 0 unspecified atom stereocenters. The number of aliphatic carboxylic acids is 1. The molecular formula is C15H21N3O4. The molecule has 1 aromatic rings. The second kappa shape index (κ2) is 6.48. The molecule has 3 rings (SSSR count). The van der Waals surface area contributed by atoms with Crippen molar-refractivity contribution >= 4 is 11.9 Å². The maximum Gasteiger partial charge on any atom is 0.332 e. The number of ether oxygens (including phenoxy) is 2. The highest BCUT2D eigenvalue weighted by atomic mass is 16.5. The first-order valence-corrected chi connectivity index (χ1v) is 7.67. The molecule has 2 aliphatic heterocycles. The lowest BCUT2D eigenvalue weighted by atomic mass is 9.90. The molecule has 22 heavy (non-hydrogen) atoms. The molecule has 2 aliphatic rings. The summed E-state index contributed by atoms with van der Waals surface area (Å²) in [6, 6.07) is 1.73. The molecule has 1 aromatic heterocycles. The Hall–Kier alpha value is -1.89. The number of carboxylic acid groups (broad SMARTS) is 1. The highest BCUT2D eigenvalue weighted by Gasteiger charge is 2.36. The predicted octanol–water partition coefficient (Wildman–Crippen LogP) is 1.33. The molecule has 0 amide bonds. The first-order chi connectivity index (χ1) is 10.7. The summed E-state index contributed by atoms with van der Waals surface area (Å²) in [5.74, 6) is 0.833. The van der Waals surface area contributed by atoms with Crippen LogP contribution in [-0.2, 0) is 9.53 Å². The van der Waals surface area contributed by atoms with Gasteiger partial charge in [-0.2, -0.15) is 4.98 Å². The molecule has 2 fully saturated rings. The van der Waals surface area contributed by atoms with E-state index in [1.165, 1.54) is 0 Å². The molecule has 2 atom stereocenters. The van der Waals surface area contributed by atoms with Crippen molar-refractivity contribution in [3.8, 4) is 5.88 Å². The van der Waals surface area contributed by atoms with Crippen LogP contribution in [0.2, 0.25) is 0 Å². The lowest BCUT2D eigenvalue weighted by Crippen LogP contribution is -2.39. The van der Waals surface area contributed by atoms with Gasteiger partial charge in [0, 0.05) is 25.4 Å². The molecule has 120 valence electrons. The van der Waals surface area contributed by atoms with Crippen molar-refractivity contribution in [2.75, 3.05) is 25.1 Å². The van der Waals surface area contributed by atoms with Crippen LogP contribution in [0.1, 0.15) is 25.7 Å². The number of rotatable bonds is 4. The summed E-state index contributed by atoms with van der Waals surface area (Å²) in [5.41, 5.74) is 0. The van der Waals surface area contributed by atoms with Gasteiger partial charge in [0.1, 0.15) is 0 Å². The summed E-state index contributed by atoms with van der Waals surface area (Å²) < 4.78 is 10.8. The van der Waals surface area contributed by atoms with Crippen molar-refractivity contribution in [3.05, 3.63) is 12.3 Å². The average molecular weight is 307 g/mol. The number of piperidine rings is 1. The number of carbonyl (C=O) groups is 1. The Kier molecular flexibility index (Phi) is 4.42. The van der Waals surface area contributed by atoms with Gasteiger partial charge in [0.25, 0.3) is 0 Å². The Bertz CT molecular complexity index is 531. The fraction of sp³-hybridized carbons (Fsp3) is 0.667. The average Bonchev–Trinajstić information content (AvgIpc) is 3.05. The molecule has 2 saturated heterocycles. The van der Waals surface area contributed by atoms with E-state index in [0.717, 1.165) is 32.4 Å². The number of methoxy groups -OCH3 is 1. The van der Waals surface area contributed by atoms with Gasteiger partial charge in [-0.25, -0.2) is 9.78 Å². The molecule has 0 bridgehead atoms. The third kappa shape index (κ3) is 3.14. The highest BCUT2D eigenvalue weighted by Crippen LogP contribution is 2.32. The Morgan fingerprint density at radius 1 is 1.36 bits per heavy atom. The second-order valence-corrected chi connectivity index (χ2v) is 5.80. The van der Waals surface area contributed by atoms with Crippen LogP contribution in [-0.4, -0.2) is 53.5 Å². The predicted molar refractivity (Wildman–Crippen MR) is 79.1 cm³/mol. The summed E-state index contributed by atoms with van der Waals surface area (Å²) in [6.45, 7) is 1.71. The fourth-order valence-electron chi connectivity index (χ4n) is 3.26. The molecule has 0 radical (unpaired) electrons. The molecular weight excluding hydrogens is 286 g/mol. The Morgan fingerprint density at radius 2 is 2.14 bits per heavy atom. The van der Waals surface area contributed by atoms with E-state index in [2.05, 4.69) is 14.9 Å². The SMILES string of the molecule is COc1ccnc(N2CCC([C@@H]3CC[C@H](C(=O)O)O3)CC2)n1. The maximum absolute atomic E-state index is 11.0. The van der Waals surface area contributed by atoms with Crippen LogP contribution in [0, 0.1) is 5.92 Å². The molecule has 3 heterocycles. The van der Waals surface area contributed by atoms with E-state index in [-0.39, 0.29) is 6.10 Å². The Labute approximate surface area is 129 Å². The molecule has 0 aromatic carbocycles. The maximum atomic E-state index is 11.0. The zero-order valence-corrected chi connectivity index (χ0v) is 12.6. The lowest BCUT2D eigenvalue weighted by Gasteiger charge is -2.34. The van der Waals surface area contributed by atoms with Crippen LogP contribution >= 0.6 is 0 Å². The zero-order valence-electron chi connectivity index (χ0n) is 12.6. The minimum absolute atomic E-state index is 0.0782. The van der Waals surface area contributed by atoms with E-state index in [4.69, 9.17) is 14.6 Å². The van der Waals surface area contributed by atoms with Gasteiger partial charge in [0.15, 0.2) is 6.10 Å². The van der Waals surface area contributed by atoms with Crippen LogP contribution in [0.4, 0.5) is 5.95 Å². The summed E-state index contributed by atoms with van der Waals surface area (Å²) >= 11 is 0. The van der Waals surface area contributed by atoms with Crippen molar-refractivity contribution in [2.24, 2.45) is 5.92 Å². The van der Waals surface area contributed by atoms with Crippen molar-refractivity contribution in [2.45, 2.75) is 37.9 Å². The standard InChI is InChI=1S/C15H21N3O4/c1-21-13-4-7-16-15(17-13)18-8-5-10(6-9-18)11-2-3-12(22-11)14(19)20/h4,7,10-12H,2-3,5-6,8-9H2,1H3,(H,19,20)/t11-,12+/m0/s1. The van der Waals surface area contributed by atoms with E-state index in [0.29, 0.717) is 24.2 Å².